The van der Waals surface area contributed by atoms with E-state index in [4.69, 9.17) is 11.0 Å². The molecule has 2 N–H and O–H groups in total. The molecule has 0 radical (unpaired) electrons. The molecule has 124 valence electrons. The second-order valence-electron chi connectivity index (χ2n) is 6.52. The number of nitrogens with two attached hydrogens (primary N) is 1. The van der Waals surface area contributed by atoms with Gasteiger partial charge in [-0.05, 0) is 42.0 Å². The maximum atomic E-state index is 12.3. The van der Waals surface area contributed by atoms with Gasteiger partial charge in [0.15, 0.2) is 0 Å². The molecule has 3 rings (SSSR count). The molecule has 1 fully saturated rings. The highest BCUT2D eigenvalue weighted by Gasteiger charge is 2.29. The molecule has 2 atom stereocenters. The SMILES string of the molecule is N#C[C@@H]1CCCN1C(=O)CC(N)CCc1cccc2ccccc12. The van der Waals surface area contributed by atoms with Crippen LogP contribution in [0, 0.1) is 11.3 Å². The van der Waals surface area contributed by atoms with E-state index in [0.717, 1.165) is 25.7 Å². The molecule has 24 heavy (non-hydrogen) atoms. The summed E-state index contributed by atoms with van der Waals surface area (Å²) in [5.41, 5.74) is 7.46. The van der Waals surface area contributed by atoms with Gasteiger partial charge in [0.25, 0.3) is 0 Å². The number of hydrogen-bond donors (Lipinski definition) is 1. The van der Waals surface area contributed by atoms with Crippen molar-refractivity contribution in [2.45, 2.75) is 44.2 Å². The molecule has 0 aliphatic carbocycles. The van der Waals surface area contributed by atoms with Crippen molar-refractivity contribution >= 4 is 16.7 Å². The monoisotopic (exact) mass is 321 g/mol. The molecule has 1 heterocycles. The number of rotatable bonds is 5. The molecule has 0 spiro atoms. The number of nitrogens with zero attached hydrogens (tertiary/aromatic N) is 2. The summed E-state index contributed by atoms with van der Waals surface area (Å²) in [6.07, 6.45) is 3.65. The van der Waals surface area contributed by atoms with E-state index in [0.29, 0.717) is 13.0 Å². The minimum atomic E-state index is -0.261. The van der Waals surface area contributed by atoms with E-state index in [1.807, 2.05) is 12.1 Å². The molecule has 0 saturated carbocycles. The average Bonchev–Trinajstić information content (AvgIpc) is 3.08. The van der Waals surface area contributed by atoms with Crippen LogP contribution in [0.3, 0.4) is 0 Å². The van der Waals surface area contributed by atoms with Crippen molar-refractivity contribution in [1.82, 2.24) is 4.90 Å². The van der Waals surface area contributed by atoms with Gasteiger partial charge in [-0.15, -0.1) is 0 Å². The van der Waals surface area contributed by atoms with Crippen molar-refractivity contribution in [1.29, 1.82) is 5.26 Å². The van der Waals surface area contributed by atoms with Crippen molar-refractivity contribution in [3.8, 4) is 6.07 Å². The number of carbonyl (C=O) groups is 1. The number of likely N-dealkylation sites (tertiary alicyclic amines) is 1. The fourth-order valence-electron chi connectivity index (χ4n) is 3.49. The molecule has 1 saturated heterocycles. The Bertz CT molecular complexity index is 760. The number of aryl methyl sites for hydroxylation is 1. The van der Waals surface area contributed by atoms with E-state index < -0.39 is 0 Å². The van der Waals surface area contributed by atoms with Gasteiger partial charge in [0.2, 0.25) is 5.91 Å². The van der Waals surface area contributed by atoms with Crippen LogP contribution in [-0.4, -0.2) is 29.4 Å². The Morgan fingerprint density at radius 2 is 2.08 bits per heavy atom. The lowest BCUT2D eigenvalue weighted by Gasteiger charge is -2.21. The van der Waals surface area contributed by atoms with E-state index in [-0.39, 0.29) is 18.0 Å². The Balaban J connectivity index is 1.58. The topological polar surface area (TPSA) is 70.1 Å². The van der Waals surface area contributed by atoms with Gasteiger partial charge in [-0.1, -0.05) is 42.5 Å². The minimum absolute atomic E-state index is 0.0180. The predicted octanol–water partition coefficient (Wildman–Crippen LogP) is 3.00. The quantitative estimate of drug-likeness (QED) is 0.920. The van der Waals surface area contributed by atoms with Crippen molar-refractivity contribution in [3.63, 3.8) is 0 Å². The fourth-order valence-corrected chi connectivity index (χ4v) is 3.49. The fraction of sp³-hybridized carbons (Fsp3) is 0.400. The summed E-state index contributed by atoms with van der Waals surface area (Å²) in [5, 5.41) is 11.6. The Labute approximate surface area is 142 Å². The number of nitriles is 1. The van der Waals surface area contributed by atoms with Crippen LogP contribution >= 0.6 is 0 Å². The maximum Gasteiger partial charge on any atom is 0.225 e. The third-order valence-electron chi connectivity index (χ3n) is 4.82. The summed E-state index contributed by atoms with van der Waals surface area (Å²) in [7, 11) is 0. The second kappa shape index (κ2) is 7.46. The molecule has 4 nitrogen and oxygen atoms in total. The van der Waals surface area contributed by atoms with E-state index in [1.165, 1.54) is 16.3 Å². The Hall–Kier alpha value is -2.38. The molecule has 1 amide bonds. The van der Waals surface area contributed by atoms with Crippen molar-refractivity contribution in [2.75, 3.05) is 6.54 Å². The van der Waals surface area contributed by atoms with Crippen LogP contribution in [0.4, 0.5) is 0 Å². The zero-order valence-corrected chi connectivity index (χ0v) is 13.8. The van der Waals surface area contributed by atoms with Gasteiger partial charge >= 0.3 is 0 Å². The largest absolute Gasteiger partial charge is 0.327 e. The van der Waals surface area contributed by atoms with Gasteiger partial charge in [0.1, 0.15) is 6.04 Å². The molecule has 2 aromatic rings. The zero-order valence-electron chi connectivity index (χ0n) is 13.8. The first-order valence-electron chi connectivity index (χ1n) is 8.60. The zero-order chi connectivity index (χ0) is 16.9. The number of hydrogen-bond acceptors (Lipinski definition) is 3. The summed E-state index contributed by atoms with van der Waals surface area (Å²) >= 11 is 0. The first kappa shape index (κ1) is 16.5. The highest BCUT2D eigenvalue weighted by molar-refractivity contribution is 5.85. The third kappa shape index (κ3) is 3.58. The highest BCUT2D eigenvalue weighted by atomic mass is 16.2. The van der Waals surface area contributed by atoms with Gasteiger partial charge < -0.3 is 10.6 Å². The van der Waals surface area contributed by atoms with Crippen LogP contribution < -0.4 is 5.73 Å². The summed E-state index contributed by atoms with van der Waals surface area (Å²) in [6.45, 7) is 0.688. The lowest BCUT2D eigenvalue weighted by Crippen LogP contribution is -2.38. The van der Waals surface area contributed by atoms with Crippen LogP contribution in [-0.2, 0) is 11.2 Å². The van der Waals surface area contributed by atoms with Crippen LogP contribution in [0.1, 0.15) is 31.2 Å². The summed E-state index contributed by atoms with van der Waals surface area (Å²) in [5.74, 6) is 0.0180. The second-order valence-corrected chi connectivity index (χ2v) is 6.52. The summed E-state index contributed by atoms with van der Waals surface area (Å²) in [4.78, 5) is 14.0. The first-order chi connectivity index (χ1) is 11.7. The highest BCUT2D eigenvalue weighted by Crippen LogP contribution is 2.21. The number of carbonyl (C=O) groups excluding carboxylic acids is 1. The van der Waals surface area contributed by atoms with Crippen LogP contribution in [0.15, 0.2) is 42.5 Å². The summed E-state index contributed by atoms with van der Waals surface area (Å²) < 4.78 is 0. The molecular formula is C20H23N3O. The number of amides is 1. The molecule has 1 aliphatic rings. The molecule has 0 aromatic heterocycles. The Kier molecular flexibility index (Phi) is 5.12. The molecular weight excluding hydrogens is 298 g/mol. The minimum Gasteiger partial charge on any atom is -0.327 e. The van der Waals surface area contributed by atoms with Gasteiger partial charge in [-0.25, -0.2) is 0 Å². The molecule has 4 heteroatoms. The number of fused-ring (bicyclic) bond motifs is 1. The predicted molar refractivity (Wildman–Crippen MR) is 95.2 cm³/mol. The number of benzene rings is 2. The molecule has 1 aliphatic heterocycles. The molecule has 1 unspecified atom stereocenters. The van der Waals surface area contributed by atoms with Gasteiger partial charge in [0.05, 0.1) is 6.07 Å². The molecule has 0 bridgehead atoms. The summed E-state index contributed by atoms with van der Waals surface area (Å²) in [6, 6.07) is 16.4. The maximum absolute atomic E-state index is 12.3. The van der Waals surface area contributed by atoms with Crippen LogP contribution in [0.25, 0.3) is 10.8 Å². The smallest absolute Gasteiger partial charge is 0.225 e. The van der Waals surface area contributed by atoms with Gasteiger partial charge in [-0.3, -0.25) is 4.79 Å². The van der Waals surface area contributed by atoms with E-state index in [1.54, 1.807) is 4.90 Å². The molecule has 2 aromatic carbocycles. The Morgan fingerprint density at radius 3 is 2.92 bits per heavy atom. The van der Waals surface area contributed by atoms with Crippen LogP contribution in [0.2, 0.25) is 0 Å². The van der Waals surface area contributed by atoms with E-state index in [2.05, 4.69) is 36.4 Å². The van der Waals surface area contributed by atoms with Crippen molar-refractivity contribution < 1.29 is 4.79 Å². The lowest BCUT2D eigenvalue weighted by molar-refractivity contribution is -0.131. The van der Waals surface area contributed by atoms with Gasteiger partial charge in [0, 0.05) is 19.0 Å². The van der Waals surface area contributed by atoms with Crippen molar-refractivity contribution in [2.24, 2.45) is 5.73 Å². The Morgan fingerprint density at radius 1 is 1.29 bits per heavy atom. The third-order valence-corrected chi connectivity index (χ3v) is 4.82. The lowest BCUT2D eigenvalue weighted by atomic mass is 9.98. The standard InChI is InChI=1S/C20H23N3O/c21-14-18-8-4-12-23(18)20(24)13-17(22)11-10-16-7-3-6-15-5-1-2-9-19(15)16/h1-3,5-7,9,17-18H,4,8,10-13,22H2/t17?,18-/m0/s1. The van der Waals surface area contributed by atoms with Crippen molar-refractivity contribution in [3.05, 3.63) is 48.0 Å². The van der Waals surface area contributed by atoms with E-state index >= 15 is 0 Å². The van der Waals surface area contributed by atoms with Crippen LogP contribution in [0.5, 0.6) is 0 Å². The average molecular weight is 321 g/mol. The van der Waals surface area contributed by atoms with E-state index in [9.17, 15) is 4.79 Å². The van der Waals surface area contributed by atoms with Gasteiger partial charge in [-0.2, -0.15) is 5.26 Å². The normalized spacial score (nSPS) is 18.5. The first-order valence-corrected chi connectivity index (χ1v) is 8.60.